The minimum atomic E-state index is -0.413. The van der Waals surface area contributed by atoms with E-state index in [1.165, 1.54) is 0 Å². The Kier molecular flexibility index (Phi) is 3.62. The van der Waals surface area contributed by atoms with Crippen LogP contribution in [0, 0.1) is 0 Å². The first-order chi connectivity index (χ1) is 10.3. The number of hydroxylamine groups is 2. The van der Waals surface area contributed by atoms with Crippen molar-refractivity contribution >= 4 is 17.9 Å². The highest BCUT2D eigenvalue weighted by Gasteiger charge is 2.36. The molecular formula is C17H13NO3. The molecule has 0 atom stereocenters. The van der Waals surface area contributed by atoms with Crippen LogP contribution in [-0.4, -0.2) is 23.5 Å². The van der Waals surface area contributed by atoms with Gasteiger partial charge in [-0.1, -0.05) is 54.6 Å². The molecule has 1 heterocycles. The van der Waals surface area contributed by atoms with Crippen LogP contribution in [0.5, 0.6) is 0 Å². The monoisotopic (exact) mass is 279 g/mol. The summed E-state index contributed by atoms with van der Waals surface area (Å²) in [5.74, 6) is -0.826. The van der Waals surface area contributed by atoms with Crippen molar-refractivity contribution in [2.24, 2.45) is 0 Å². The second-order valence-corrected chi connectivity index (χ2v) is 4.56. The second kappa shape index (κ2) is 5.73. The summed E-state index contributed by atoms with van der Waals surface area (Å²) in [7, 11) is 0. The van der Waals surface area contributed by atoms with Crippen molar-refractivity contribution in [3.05, 3.63) is 77.4 Å². The number of fused-ring (bicyclic) bond motifs is 1. The molecule has 3 rings (SSSR count). The number of rotatable bonds is 4. The molecule has 0 N–H and O–H groups in total. The molecule has 0 saturated heterocycles. The van der Waals surface area contributed by atoms with Gasteiger partial charge in [0.2, 0.25) is 0 Å². The van der Waals surface area contributed by atoms with Crippen LogP contribution in [0.15, 0.2) is 60.7 Å². The molecule has 0 aliphatic carbocycles. The number of hydrogen-bond acceptors (Lipinski definition) is 3. The Morgan fingerprint density at radius 1 is 0.857 bits per heavy atom. The van der Waals surface area contributed by atoms with E-state index in [1.807, 2.05) is 36.4 Å². The maximum absolute atomic E-state index is 12.0. The van der Waals surface area contributed by atoms with Crippen molar-refractivity contribution in [2.75, 3.05) is 6.61 Å². The predicted octanol–water partition coefficient (Wildman–Crippen LogP) is 2.93. The highest BCUT2D eigenvalue weighted by atomic mass is 16.7. The van der Waals surface area contributed by atoms with Gasteiger partial charge >= 0.3 is 0 Å². The van der Waals surface area contributed by atoms with Crippen LogP contribution in [-0.2, 0) is 4.84 Å². The Bertz CT molecular complexity index is 672. The lowest BCUT2D eigenvalue weighted by Gasteiger charge is -2.11. The number of imide groups is 1. The van der Waals surface area contributed by atoms with E-state index >= 15 is 0 Å². The van der Waals surface area contributed by atoms with Crippen molar-refractivity contribution in [3.63, 3.8) is 0 Å². The van der Waals surface area contributed by atoms with Crippen LogP contribution in [0.1, 0.15) is 26.3 Å². The first-order valence-electron chi connectivity index (χ1n) is 6.60. The molecule has 2 aromatic rings. The van der Waals surface area contributed by atoms with Gasteiger partial charge in [-0.05, 0) is 17.7 Å². The van der Waals surface area contributed by atoms with E-state index in [0.29, 0.717) is 11.1 Å². The zero-order valence-electron chi connectivity index (χ0n) is 11.2. The Labute approximate surface area is 122 Å². The van der Waals surface area contributed by atoms with Crippen LogP contribution in [0.2, 0.25) is 0 Å². The summed E-state index contributed by atoms with van der Waals surface area (Å²) in [6.07, 6.45) is 3.64. The summed E-state index contributed by atoms with van der Waals surface area (Å²) in [4.78, 5) is 29.3. The number of carbonyl (C=O) groups is 2. The summed E-state index contributed by atoms with van der Waals surface area (Å²) in [5.41, 5.74) is 1.80. The summed E-state index contributed by atoms with van der Waals surface area (Å²) < 4.78 is 0. The van der Waals surface area contributed by atoms with Crippen molar-refractivity contribution in [1.29, 1.82) is 0 Å². The summed E-state index contributed by atoms with van der Waals surface area (Å²) in [5, 5.41) is 0.819. The second-order valence-electron chi connectivity index (χ2n) is 4.56. The molecule has 0 unspecified atom stereocenters. The number of nitrogens with zero attached hydrogens (tertiary/aromatic N) is 1. The molecule has 0 bridgehead atoms. The number of hydrogen-bond donors (Lipinski definition) is 0. The fourth-order valence-corrected chi connectivity index (χ4v) is 2.15. The van der Waals surface area contributed by atoms with Gasteiger partial charge in [0.25, 0.3) is 11.8 Å². The zero-order chi connectivity index (χ0) is 14.7. The van der Waals surface area contributed by atoms with Crippen LogP contribution in [0.3, 0.4) is 0 Å². The van der Waals surface area contributed by atoms with Gasteiger partial charge in [-0.15, -0.1) is 5.06 Å². The predicted molar refractivity (Wildman–Crippen MR) is 78.4 cm³/mol. The molecule has 4 nitrogen and oxygen atoms in total. The van der Waals surface area contributed by atoms with Gasteiger partial charge in [-0.2, -0.15) is 0 Å². The highest BCUT2D eigenvalue weighted by molar-refractivity contribution is 6.20. The molecule has 0 fully saturated rings. The van der Waals surface area contributed by atoms with E-state index in [4.69, 9.17) is 4.84 Å². The lowest BCUT2D eigenvalue weighted by atomic mass is 10.1. The highest BCUT2D eigenvalue weighted by Crippen LogP contribution is 2.22. The third-order valence-electron chi connectivity index (χ3n) is 3.17. The largest absolute Gasteiger partial charge is 0.285 e. The van der Waals surface area contributed by atoms with Crippen LogP contribution in [0.25, 0.3) is 6.08 Å². The fraction of sp³-hybridized carbons (Fsp3) is 0.0588. The quantitative estimate of drug-likeness (QED) is 0.808. The van der Waals surface area contributed by atoms with Gasteiger partial charge in [-0.3, -0.25) is 14.4 Å². The van der Waals surface area contributed by atoms with Gasteiger partial charge in [0.1, 0.15) is 0 Å². The number of amides is 2. The summed E-state index contributed by atoms with van der Waals surface area (Å²) in [6.45, 7) is 0.153. The fourth-order valence-electron chi connectivity index (χ4n) is 2.15. The topological polar surface area (TPSA) is 46.6 Å². The van der Waals surface area contributed by atoms with Crippen LogP contribution >= 0.6 is 0 Å². The molecule has 0 radical (unpaired) electrons. The van der Waals surface area contributed by atoms with Crippen molar-refractivity contribution in [2.45, 2.75) is 0 Å². The van der Waals surface area contributed by atoms with Crippen molar-refractivity contribution in [1.82, 2.24) is 5.06 Å². The minimum Gasteiger partial charge on any atom is -0.266 e. The van der Waals surface area contributed by atoms with Gasteiger partial charge < -0.3 is 0 Å². The van der Waals surface area contributed by atoms with E-state index in [0.717, 1.165) is 10.6 Å². The van der Waals surface area contributed by atoms with Crippen molar-refractivity contribution in [3.8, 4) is 0 Å². The molecule has 21 heavy (non-hydrogen) atoms. The van der Waals surface area contributed by atoms with Gasteiger partial charge in [0.15, 0.2) is 0 Å². The average Bonchev–Trinajstić information content (AvgIpc) is 2.77. The van der Waals surface area contributed by atoms with E-state index in [-0.39, 0.29) is 6.61 Å². The third kappa shape index (κ3) is 2.61. The SMILES string of the molecule is O=C1c2ccccc2C(=O)N1OCC=Cc1ccccc1. The van der Waals surface area contributed by atoms with Gasteiger partial charge in [0, 0.05) is 0 Å². The number of benzene rings is 2. The Morgan fingerprint density at radius 3 is 2.05 bits per heavy atom. The molecular weight excluding hydrogens is 266 g/mol. The lowest BCUT2D eigenvalue weighted by molar-refractivity contribution is -0.0800. The molecule has 0 spiro atoms. The van der Waals surface area contributed by atoms with E-state index in [1.54, 1.807) is 30.3 Å². The minimum absolute atomic E-state index is 0.153. The first-order valence-corrected chi connectivity index (χ1v) is 6.60. The molecule has 104 valence electrons. The molecule has 1 aliphatic heterocycles. The first kappa shape index (κ1) is 13.3. The smallest absolute Gasteiger partial charge is 0.266 e. The molecule has 4 heteroatoms. The molecule has 2 amide bonds. The van der Waals surface area contributed by atoms with Crippen LogP contribution < -0.4 is 0 Å². The average molecular weight is 279 g/mol. The molecule has 0 aromatic heterocycles. The molecule has 1 aliphatic rings. The molecule has 2 aromatic carbocycles. The maximum Gasteiger partial charge on any atom is 0.285 e. The van der Waals surface area contributed by atoms with E-state index < -0.39 is 11.8 Å². The molecule has 0 saturated carbocycles. The Morgan fingerprint density at radius 2 is 1.43 bits per heavy atom. The van der Waals surface area contributed by atoms with Gasteiger partial charge in [0.05, 0.1) is 17.7 Å². The lowest BCUT2D eigenvalue weighted by Crippen LogP contribution is -2.29. The van der Waals surface area contributed by atoms with E-state index in [2.05, 4.69) is 0 Å². The summed E-state index contributed by atoms with van der Waals surface area (Å²) >= 11 is 0. The standard InChI is InChI=1S/C17H13NO3/c19-16-14-10-4-5-11-15(14)17(20)18(16)21-12-6-9-13-7-2-1-3-8-13/h1-11H,12H2. The number of carbonyl (C=O) groups excluding carboxylic acids is 2. The summed E-state index contributed by atoms with van der Waals surface area (Å²) in [6, 6.07) is 16.4. The van der Waals surface area contributed by atoms with Crippen molar-refractivity contribution < 1.29 is 14.4 Å². The van der Waals surface area contributed by atoms with Crippen LogP contribution in [0.4, 0.5) is 0 Å². The Hall–Kier alpha value is -2.72. The third-order valence-corrected chi connectivity index (χ3v) is 3.17. The normalized spacial score (nSPS) is 14.0. The zero-order valence-corrected chi connectivity index (χ0v) is 11.2. The van der Waals surface area contributed by atoms with Gasteiger partial charge in [-0.25, -0.2) is 0 Å². The Balaban J connectivity index is 1.64. The maximum atomic E-state index is 12.0. The van der Waals surface area contributed by atoms with E-state index in [9.17, 15) is 9.59 Å².